The Hall–Kier alpha value is -1.68. The van der Waals surface area contributed by atoms with Gasteiger partial charge in [-0.25, -0.2) is 4.18 Å². The average molecular weight is 917 g/mol. The molecule has 0 saturated carbocycles. The number of hydrogen-bond donors (Lipinski definition) is 4. The van der Waals surface area contributed by atoms with Gasteiger partial charge in [0.15, 0.2) is 6.29 Å². The van der Waals surface area contributed by atoms with Crippen LogP contribution < -0.4 is 0 Å². The van der Waals surface area contributed by atoms with E-state index in [1.165, 1.54) is 135 Å². The summed E-state index contributed by atoms with van der Waals surface area (Å²) in [6, 6.07) is 0. The molecule has 0 aliphatic carbocycles. The van der Waals surface area contributed by atoms with E-state index < -0.39 is 59.8 Å². The zero-order valence-electron chi connectivity index (χ0n) is 39.6. The highest BCUT2D eigenvalue weighted by Gasteiger charge is 2.48. The molecule has 63 heavy (non-hydrogen) atoms. The van der Waals surface area contributed by atoms with Crippen LogP contribution in [0.15, 0.2) is 36.5 Å². The van der Waals surface area contributed by atoms with Crippen LogP contribution in [0.1, 0.15) is 213 Å². The summed E-state index contributed by atoms with van der Waals surface area (Å²) >= 11 is 0. The summed E-state index contributed by atoms with van der Waals surface area (Å²) in [5.41, 5.74) is 0. The predicted molar refractivity (Wildman–Crippen MR) is 253 cm³/mol. The van der Waals surface area contributed by atoms with Crippen LogP contribution in [-0.4, -0.2) is 97.5 Å². The lowest BCUT2D eigenvalue weighted by atomic mass is 9.99. The molecule has 12 nitrogen and oxygen atoms in total. The minimum absolute atomic E-state index is 0.0317. The largest absolute Gasteiger partial charge is 0.457 e. The van der Waals surface area contributed by atoms with Crippen molar-refractivity contribution in [3.05, 3.63) is 36.5 Å². The maximum absolute atomic E-state index is 12.9. The molecule has 6 unspecified atom stereocenters. The molecule has 0 aromatic heterocycles. The third-order valence-electron chi connectivity index (χ3n) is 11.5. The molecule has 0 radical (unpaired) electrons. The van der Waals surface area contributed by atoms with E-state index in [1.807, 2.05) is 0 Å². The van der Waals surface area contributed by atoms with Gasteiger partial charge >= 0.3 is 16.4 Å². The zero-order valence-corrected chi connectivity index (χ0v) is 40.5. The van der Waals surface area contributed by atoms with Crippen molar-refractivity contribution in [3.63, 3.8) is 0 Å². The molecule has 1 rings (SSSR count). The first-order chi connectivity index (χ1) is 30.6. The van der Waals surface area contributed by atoms with Crippen molar-refractivity contribution in [1.29, 1.82) is 0 Å². The number of carbonyl (C=O) groups is 1. The van der Waals surface area contributed by atoms with Crippen LogP contribution in [0.3, 0.4) is 0 Å². The van der Waals surface area contributed by atoms with Crippen molar-refractivity contribution in [1.82, 2.24) is 0 Å². The molecular weight excluding hydrogens is 825 g/mol. The fourth-order valence-electron chi connectivity index (χ4n) is 7.64. The van der Waals surface area contributed by atoms with Gasteiger partial charge in [0, 0.05) is 13.0 Å². The van der Waals surface area contributed by atoms with Gasteiger partial charge in [-0.3, -0.25) is 9.35 Å². The lowest BCUT2D eigenvalue weighted by Gasteiger charge is -2.41. The molecule has 4 N–H and O–H groups in total. The fourth-order valence-corrected chi connectivity index (χ4v) is 8.15. The number of hydrogen-bond acceptors (Lipinski definition) is 11. The third kappa shape index (κ3) is 35.2. The van der Waals surface area contributed by atoms with Crippen LogP contribution >= 0.6 is 0 Å². The van der Waals surface area contributed by atoms with Gasteiger partial charge in [0.25, 0.3) is 0 Å². The number of carbonyl (C=O) groups excluding carboxylic acids is 1. The van der Waals surface area contributed by atoms with E-state index in [4.69, 9.17) is 18.9 Å². The number of aliphatic hydroxyl groups excluding tert-OH is 3. The molecule has 370 valence electrons. The minimum Gasteiger partial charge on any atom is -0.457 e. The number of esters is 1. The Labute approximate surface area is 383 Å². The van der Waals surface area contributed by atoms with E-state index in [-0.39, 0.29) is 19.6 Å². The topological polar surface area (TPSA) is 178 Å². The quantitative estimate of drug-likeness (QED) is 0.0197. The highest BCUT2D eigenvalue weighted by atomic mass is 32.3. The Bertz CT molecular complexity index is 1240. The second-order valence-electron chi connectivity index (χ2n) is 17.4. The number of ether oxygens (including phenoxy) is 4. The molecule has 1 fully saturated rings. The van der Waals surface area contributed by atoms with Crippen molar-refractivity contribution in [2.75, 3.05) is 26.4 Å². The van der Waals surface area contributed by atoms with Crippen molar-refractivity contribution >= 4 is 16.4 Å². The fraction of sp³-hybridized carbons (Fsp3) is 0.860. The summed E-state index contributed by atoms with van der Waals surface area (Å²) in [4.78, 5) is 12.9. The van der Waals surface area contributed by atoms with Crippen LogP contribution in [0.25, 0.3) is 0 Å². The Balaban J connectivity index is 2.38. The first-order valence-corrected chi connectivity index (χ1v) is 26.6. The summed E-state index contributed by atoms with van der Waals surface area (Å²) in [6.45, 7) is 3.97. The normalized spacial score (nSPS) is 20.1. The van der Waals surface area contributed by atoms with Gasteiger partial charge in [-0.2, -0.15) is 8.42 Å². The Morgan fingerprint density at radius 2 is 1.05 bits per heavy atom. The molecule has 6 atom stereocenters. The van der Waals surface area contributed by atoms with E-state index in [2.05, 4.69) is 54.5 Å². The summed E-state index contributed by atoms with van der Waals surface area (Å²) in [5, 5.41) is 30.7. The third-order valence-corrected chi connectivity index (χ3v) is 12.0. The van der Waals surface area contributed by atoms with Crippen molar-refractivity contribution in [2.24, 2.45) is 0 Å². The Morgan fingerprint density at radius 3 is 1.54 bits per heavy atom. The second-order valence-corrected chi connectivity index (χ2v) is 18.4. The summed E-state index contributed by atoms with van der Waals surface area (Å²) in [6.07, 6.45) is 40.2. The predicted octanol–water partition coefficient (Wildman–Crippen LogP) is 11.4. The Kier molecular flexibility index (Phi) is 39.3. The van der Waals surface area contributed by atoms with E-state index in [1.54, 1.807) is 0 Å². The van der Waals surface area contributed by atoms with Gasteiger partial charge in [0.1, 0.15) is 30.5 Å². The maximum atomic E-state index is 12.9. The Morgan fingerprint density at radius 1 is 0.603 bits per heavy atom. The number of aliphatic hydroxyl groups is 3. The number of unbranched alkanes of at least 4 members (excludes halogenated alkanes) is 25. The van der Waals surface area contributed by atoms with Gasteiger partial charge in [-0.05, 0) is 70.6 Å². The van der Waals surface area contributed by atoms with E-state index >= 15 is 0 Å². The molecule has 1 aliphatic rings. The van der Waals surface area contributed by atoms with Crippen molar-refractivity contribution in [2.45, 2.75) is 250 Å². The molecule has 0 bridgehead atoms. The van der Waals surface area contributed by atoms with Gasteiger partial charge in [-0.15, -0.1) is 0 Å². The lowest BCUT2D eigenvalue weighted by Crippen LogP contribution is -2.60. The van der Waals surface area contributed by atoms with Gasteiger partial charge in [0.05, 0.1) is 19.8 Å². The molecule has 0 aromatic rings. The second kappa shape index (κ2) is 41.7. The molecular formula is C50H92O12S. The molecule has 13 heteroatoms. The van der Waals surface area contributed by atoms with E-state index in [0.29, 0.717) is 13.0 Å². The summed E-state index contributed by atoms with van der Waals surface area (Å²) in [5.74, 6) is -0.407. The van der Waals surface area contributed by atoms with Crippen LogP contribution in [0.4, 0.5) is 0 Å². The first kappa shape index (κ1) is 59.3. The molecule has 1 aliphatic heterocycles. The van der Waals surface area contributed by atoms with Crippen molar-refractivity contribution < 1.29 is 56.2 Å². The average Bonchev–Trinajstić information content (AvgIpc) is 3.26. The molecule has 0 aromatic carbocycles. The van der Waals surface area contributed by atoms with Crippen LogP contribution in [0.2, 0.25) is 0 Å². The minimum atomic E-state index is -5.06. The highest BCUT2D eigenvalue weighted by Crippen LogP contribution is 2.26. The maximum Gasteiger partial charge on any atom is 0.397 e. The summed E-state index contributed by atoms with van der Waals surface area (Å²) in [7, 11) is -5.06. The van der Waals surface area contributed by atoms with Gasteiger partial charge in [-0.1, -0.05) is 172 Å². The highest BCUT2D eigenvalue weighted by molar-refractivity contribution is 7.80. The first-order valence-electron chi connectivity index (χ1n) is 25.2. The smallest absolute Gasteiger partial charge is 0.397 e. The summed E-state index contributed by atoms with van der Waals surface area (Å²) < 4.78 is 59.2. The zero-order chi connectivity index (χ0) is 46.1. The molecule has 1 heterocycles. The molecule has 1 saturated heterocycles. The SMILES string of the molecule is CCCCCC/C=C\C/C=C\CCCCCCCCCC(=O)OC(COCCCCCCCCCC/C=C\CCCCCCCC)COC1OC(CO)C(O)C(OS(=O)(=O)O)C1O. The van der Waals surface area contributed by atoms with Gasteiger partial charge in [0.2, 0.25) is 0 Å². The standard InChI is InChI=1S/C50H92O12S/c1-3-5-7-9-11-13-15-17-19-21-23-25-27-29-31-33-35-37-39-46(52)60-44(43-59-50-48(54)49(62-63(55,56)57)47(53)45(41-51)61-50)42-58-40-38-36-34-32-30-28-26-24-22-20-18-16-14-12-10-8-6-4-2/h13,15,18-21,44-45,47-51,53-54H,3-12,14,16-17,22-43H2,1-2H3,(H,55,56,57)/b15-13-,20-18-,21-19-. The monoisotopic (exact) mass is 917 g/mol. The number of rotatable bonds is 44. The van der Waals surface area contributed by atoms with Crippen LogP contribution in [0, 0.1) is 0 Å². The van der Waals surface area contributed by atoms with E-state index in [9.17, 15) is 33.1 Å². The van der Waals surface area contributed by atoms with Crippen LogP contribution in [-0.2, 0) is 38.3 Å². The van der Waals surface area contributed by atoms with Crippen LogP contribution in [0.5, 0.6) is 0 Å². The molecule has 0 spiro atoms. The van der Waals surface area contributed by atoms with Gasteiger partial charge < -0.3 is 34.3 Å². The lowest BCUT2D eigenvalue weighted by molar-refractivity contribution is -0.301. The molecule has 0 amide bonds. The van der Waals surface area contributed by atoms with E-state index in [0.717, 1.165) is 51.4 Å². The number of allylic oxidation sites excluding steroid dienone is 6. The van der Waals surface area contributed by atoms with Crippen molar-refractivity contribution in [3.8, 4) is 0 Å².